The van der Waals surface area contributed by atoms with Gasteiger partial charge >= 0.3 is 0 Å². The molecule has 0 amide bonds. The molecule has 0 fully saturated rings. The van der Waals surface area contributed by atoms with Gasteiger partial charge < -0.3 is 5.11 Å². The summed E-state index contributed by atoms with van der Waals surface area (Å²) in [6.07, 6.45) is 0.990. The largest absolute Gasteiger partial charge is 0.395 e. The lowest BCUT2D eigenvalue weighted by Gasteiger charge is -2.24. The first-order chi connectivity index (χ1) is 9.20. The van der Waals surface area contributed by atoms with E-state index in [1.165, 1.54) is 9.75 Å². The number of thiophene rings is 2. The molecule has 2 aromatic heterocycles. The van der Waals surface area contributed by atoms with Gasteiger partial charge in [0.15, 0.2) is 0 Å². The molecular weight excluding hydrogens is 274 g/mol. The molecule has 0 saturated heterocycles. The van der Waals surface area contributed by atoms with Crippen molar-refractivity contribution in [3.05, 3.63) is 44.8 Å². The molecular formula is C15H21NOS2. The summed E-state index contributed by atoms with van der Waals surface area (Å²) in [4.78, 5) is 2.62. The van der Waals surface area contributed by atoms with Crippen molar-refractivity contribution >= 4 is 22.7 Å². The van der Waals surface area contributed by atoms with Crippen LogP contribution in [-0.2, 0) is 0 Å². The molecule has 1 unspecified atom stereocenters. The average Bonchev–Trinajstić information content (AvgIpc) is 3.06. The fourth-order valence-corrected chi connectivity index (χ4v) is 3.90. The molecule has 0 aromatic carbocycles. The van der Waals surface area contributed by atoms with Gasteiger partial charge in [-0.25, -0.2) is 0 Å². The predicted molar refractivity (Wildman–Crippen MR) is 83.9 cm³/mol. The minimum Gasteiger partial charge on any atom is -0.395 e. The maximum Gasteiger partial charge on any atom is 0.0767 e. The van der Waals surface area contributed by atoms with Gasteiger partial charge in [-0.15, -0.1) is 22.7 Å². The van der Waals surface area contributed by atoms with Crippen LogP contribution in [0.3, 0.4) is 0 Å². The smallest absolute Gasteiger partial charge is 0.0767 e. The molecule has 19 heavy (non-hydrogen) atoms. The van der Waals surface area contributed by atoms with Crippen LogP contribution in [0, 0.1) is 5.92 Å². The average molecular weight is 295 g/mol. The molecule has 0 radical (unpaired) electrons. The third-order valence-corrected chi connectivity index (χ3v) is 4.91. The second-order valence-electron chi connectivity index (χ2n) is 5.14. The Morgan fingerprint density at radius 3 is 2.05 bits per heavy atom. The fraction of sp³-hybridized carbons (Fsp3) is 0.467. The molecule has 0 aliphatic carbocycles. The standard InChI is InChI=1S/C15H21NOS2/c1-11(2)9-12(10-17)16-15(13-5-3-7-18-13)14-6-4-8-19-14/h3-8,11-12,15-17H,9-10H2,1-2H3. The van der Waals surface area contributed by atoms with E-state index in [1.807, 2.05) is 0 Å². The molecule has 0 aliphatic rings. The van der Waals surface area contributed by atoms with E-state index in [2.05, 4.69) is 54.2 Å². The summed E-state index contributed by atoms with van der Waals surface area (Å²) in [5, 5.41) is 17.4. The Hall–Kier alpha value is -0.680. The first-order valence-corrected chi connectivity index (χ1v) is 8.40. The highest BCUT2D eigenvalue weighted by molar-refractivity contribution is 7.11. The summed E-state index contributed by atoms with van der Waals surface area (Å²) < 4.78 is 0. The zero-order valence-electron chi connectivity index (χ0n) is 11.4. The molecule has 1 atom stereocenters. The Kier molecular flexibility index (Phi) is 5.58. The van der Waals surface area contributed by atoms with Crippen molar-refractivity contribution in [1.82, 2.24) is 5.32 Å². The lowest BCUT2D eigenvalue weighted by atomic mass is 10.0. The predicted octanol–water partition coefficient (Wildman–Crippen LogP) is 3.90. The maximum atomic E-state index is 9.56. The van der Waals surface area contributed by atoms with Crippen LogP contribution in [0.1, 0.15) is 36.1 Å². The normalized spacial score (nSPS) is 13.3. The molecule has 2 rings (SSSR count). The Labute approximate surface area is 123 Å². The van der Waals surface area contributed by atoms with Gasteiger partial charge in [0.05, 0.1) is 12.6 Å². The van der Waals surface area contributed by atoms with Crippen molar-refractivity contribution in [1.29, 1.82) is 0 Å². The summed E-state index contributed by atoms with van der Waals surface area (Å²) in [6.45, 7) is 4.57. The van der Waals surface area contributed by atoms with Crippen molar-refractivity contribution in [2.75, 3.05) is 6.61 Å². The zero-order chi connectivity index (χ0) is 13.7. The Bertz CT molecular complexity index is 416. The van der Waals surface area contributed by atoms with Crippen molar-refractivity contribution in [3.8, 4) is 0 Å². The van der Waals surface area contributed by atoms with E-state index < -0.39 is 0 Å². The van der Waals surface area contributed by atoms with E-state index in [0.29, 0.717) is 5.92 Å². The van der Waals surface area contributed by atoms with E-state index in [0.717, 1.165) is 6.42 Å². The summed E-state index contributed by atoms with van der Waals surface area (Å²) in [7, 11) is 0. The Balaban J connectivity index is 2.14. The maximum absolute atomic E-state index is 9.56. The molecule has 2 aromatic rings. The monoisotopic (exact) mass is 295 g/mol. The highest BCUT2D eigenvalue weighted by atomic mass is 32.1. The number of aliphatic hydroxyl groups is 1. The number of nitrogens with one attached hydrogen (secondary N) is 1. The summed E-state index contributed by atoms with van der Waals surface area (Å²) in [5.41, 5.74) is 0. The van der Waals surface area contributed by atoms with Crippen LogP contribution in [0.5, 0.6) is 0 Å². The third-order valence-electron chi connectivity index (χ3n) is 3.03. The molecule has 0 saturated carbocycles. The quantitative estimate of drug-likeness (QED) is 0.812. The van der Waals surface area contributed by atoms with Crippen LogP contribution < -0.4 is 5.32 Å². The fourth-order valence-electron chi connectivity index (χ4n) is 2.22. The number of aliphatic hydroxyl groups excluding tert-OH is 1. The van der Waals surface area contributed by atoms with Crippen molar-refractivity contribution in [3.63, 3.8) is 0 Å². The molecule has 2 nitrogen and oxygen atoms in total. The Morgan fingerprint density at radius 2 is 1.68 bits per heavy atom. The lowest BCUT2D eigenvalue weighted by Crippen LogP contribution is -2.36. The van der Waals surface area contributed by atoms with Gasteiger partial charge in [0.25, 0.3) is 0 Å². The van der Waals surface area contributed by atoms with Crippen LogP contribution in [-0.4, -0.2) is 17.8 Å². The molecule has 2 N–H and O–H groups in total. The second-order valence-corrected chi connectivity index (χ2v) is 7.10. The van der Waals surface area contributed by atoms with Crippen LogP contribution in [0.4, 0.5) is 0 Å². The van der Waals surface area contributed by atoms with Gasteiger partial charge in [-0.3, -0.25) is 5.32 Å². The van der Waals surface area contributed by atoms with Crippen molar-refractivity contribution in [2.45, 2.75) is 32.4 Å². The minimum atomic E-state index is 0.147. The zero-order valence-corrected chi connectivity index (χ0v) is 13.0. The van der Waals surface area contributed by atoms with Crippen LogP contribution in [0.2, 0.25) is 0 Å². The molecule has 0 spiro atoms. The SMILES string of the molecule is CC(C)CC(CO)NC(c1cccs1)c1cccs1. The van der Waals surface area contributed by atoms with Crippen LogP contribution in [0.15, 0.2) is 35.0 Å². The molecule has 0 aliphatic heterocycles. The lowest BCUT2D eigenvalue weighted by molar-refractivity contribution is 0.218. The molecule has 0 bridgehead atoms. The first-order valence-electron chi connectivity index (χ1n) is 6.64. The van der Waals surface area contributed by atoms with Gasteiger partial charge in [-0.2, -0.15) is 0 Å². The van der Waals surface area contributed by atoms with Crippen molar-refractivity contribution in [2.24, 2.45) is 5.92 Å². The van der Waals surface area contributed by atoms with E-state index in [9.17, 15) is 5.11 Å². The topological polar surface area (TPSA) is 32.3 Å². The van der Waals surface area contributed by atoms with Crippen LogP contribution in [0.25, 0.3) is 0 Å². The van der Waals surface area contributed by atoms with E-state index >= 15 is 0 Å². The van der Waals surface area contributed by atoms with E-state index in [-0.39, 0.29) is 18.7 Å². The van der Waals surface area contributed by atoms with Crippen LogP contribution >= 0.6 is 22.7 Å². The Morgan fingerprint density at radius 1 is 1.11 bits per heavy atom. The van der Waals surface area contributed by atoms with E-state index in [1.54, 1.807) is 22.7 Å². The molecule has 104 valence electrons. The summed E-state index contributed by atoms with van der Waals surface area (Å²) in [6, 6.07) is 8.83. The van der Waals surface area contributed by atoms with Gasteiger partial charge in [-0.1, -0.05) is 26.0 Å². The summed E-state index contributed by atoms with van der Waals surface area (Å²) >= 11 is 3.53. The minimum absolute atomic E-state index is 0.147. The second kappa shape index (κ2) is 7.20. The number of hydrogen-bond donors (Lipinski definition) is 2. The molecule has 2 heterocycles. The van der Waals surface area contributed by atoms with Gasteiger partial charge in [0.1, 0.15) is 0 Å². The number of rotatable bonds is 7. The first kappa shape index (κ1) is 14.7. The van der Waals surface area contributed by atoms with Gasteiger partial charge in [0.2, 0.25) is 0 Å². The third kappa shape index (κ3) is 4.14. The number of hydrogen-bond acceptors (Lipinski definition) is 4. The highest BCUT2D eigenvalue weighted by Gasteiger charge is 2.20. The molecule has 4 heteroatoms. The van der Waals surface area contributed by atoms with Crippen molar-refractivity contribution < 1.29 is 5.11 Å². The van der Waals surface area contributed by atoms with E-state index in [4.69, 9.17) is 0 Å². The van der Waals surface area contributed by atoms with Gasteiger partial charge in [0, 0.05) is 15.8 Å². The van der Waals surface area contributed by atoms with Gasteiger partial charge in [-0.05, 0) is 35.2 Å². The summed E-state index contributed by atoms with van der Waals surface area (Å²) in [5.74, 6) is 0.581. The highest BCUT2D eigenvalue weighted by Crippen LogP contribution is 2.30.